The van der Waals surface area contributed by atoms with Crippen molar-refractivity contribution in [1.29, 1.82) is 0 Å². The highest BCUT2D eigenvalue weighted by molar-refractivity contribution is 4.90. The van der Waals surface area contributed by atoms with Gasteiger partial charge in [-0.2, -0.15) is 0 Å². The second kappa shape index (κ2) is 4.57. The van der Waals surface area contributed by atoms with Gasteiger partial charge in [0.2, 0.25) is 0 Å². The summed E-state index contributed by atoms with van der Waals surface area (Å²) in [6.45, 7) is 2.66. The minimum atomic E-state index is -0.00319. The number of nitrogens with zero attached hydrogens (tertiary/aromatic N) is 1. The van der Waals surface area contributed by atoms with Gasteiger partial charge in [0, 0.05) is 25.2 Å². The van der Waals surface area contributed by atoms with Crippen LogP contribution in [0, 0.1) is 0 Å². The van der Waals surface area contributed by atoms with Crippen LogP contribution in [0.4, 0.5) is 0 Å². The molecule has 14 heavy (non-hydrogen) atoms. The van der Waals surface area contributed by atoms with Crippen LogP contribution in [0.5, 0.6) is 0 Å². The van der Waals surface area contributed by atoms with Gasteiger partial charge in [0.25, 0.3) is 0 Å². The molecule has 1 saturated heterocycles. The van der Waals surface area contributed by atoms with E-state index < -0.39 is 0 Å². The number of aliphatic hydroxyl groups excluding tert-OH is 1. The molecular weight excluding hydrogens is 180 g/mol. The van der Waals surface area contributed by atoms with Crippen molar-refractivity contribution < 1.29 is 9.84 Å². The molecule has 0 radical (unpaired) electrons. The highest BCUT2D eigenvalue weighted by Crippen LogP contribution is 2.24. The largest absolute Gasteiger partial charge is 0.394 e. The fourth-order valence-corrected chi connectivity index (χ4v) is 2.58. The summed E-state index contributed by atoms with van der Waals surface area (Å²) >= 11 is 0. The first-order valence-corrected chi connectivity index (χ1v) is 5.53. The molecule has 82 valence electrons. The summed E-state index contributed by atoms with van der Waals surface area (Å²) in [7, 11) is 0. The van der Waals surface area contributed by atoms with Gasteiger partial charge < -0.3 is 15.6 Å². The molecule has 2 fully saturated rings. The van der Waals surface area contributed by atoms with Crippen LogP contribution in [-0.4, -0.2) is 54.5 Å². The van der Waals surface area contributed by atoms with E-state index in [1.807, 2.05) is 0 Å². The van der Waals surface area contributed by atoms with E-state index in [2.05, 4.69) is 4.90 Å². The van der Waals surface area contributed by atoms with Crippen molar-refractivity contribution in [3.05, 3.63) is 0 Å². The molecular formula is C10H20N2O2. The Hall–Kier alpha value is -0.160. The zero-order valence-electron chi connectivity index (χ0n) is 8.56. The molecule has 3 unspecified atom stereocenters. The molecule has 2 aliphatic rings. The number of nitrogens with two attached hydrogens (primary N) is 1. The van der Waals surface area contributed by atoms with E-state index in [0.29, 0.717) is 12.1 Å². The lowest BCUT2D eigenvalue weighted by Crippen LogP contribution is -2.52. The fourth-order valence-electron chi connectivity index (χ4n) is 2.58. The maximum absolute atomic E-state index is 9.03. The molecule has 3 atom stereocenters. The predicted molar refractivity (Wildman–Crippen MR) is 54.0 cm³/mol. The van der Waals surface area contributed by atoms with Crippen LogP contribution in [0.2, 0.25) is 0 Å². The van der Waals surface area contributed by atoms with Crippen molar-refractivity contribution in [3.8, 4) is 0 Å². The third-order valence-corrected chi connectivity index (χ3v) is 3.37. The first-order valence-electron chi connectivity index (χ1n) is 5.53. The van der Waals surface area contributed by atoms with Gasteiger partial charge in [0.1, 0.15) is 0 Å². The Bertz CT molecular complexity index is 189. The summed E-state index contributed by atoms with van der Waals surface area (Å²) in [6, 6.07) is 0.848. The standard InChI is InChI=1S/C10H20N2O2/c11-9-2-1-3-10(9)12-4-5-14-8(6-12)7-13/h8-10,13H,1-7,11H2. The van der Waals surface area contributed by atoms with E-state index in [0.717, 1.165) is 26.1 Å². The average molecular weight is 200 g/mol. The Balaban J connectivity index is 1.90. The molecule has 1 heterocycles. The number of morpholine rings is 1. The Morgan fingerprint density at radius 1 is 1.43 bits per heavy atom. The number of hydrogen-bond donors (Lipinski definition) is 2. The normalized spacial score (nSPS) is 40.3. The molecule has 1 aliphatic heterocycles. The predicted octanol–water partition coefficient (Wildman–Crippen LogP) is -0.441. The van der Waals surface area contributed by atoms with Gasteiger partial charge in [-0.15, -0.1) is 0 Å². The highest BCUT2D eigenvalue weighted by atomic mass is 16.5. The van der Waals surface area contributed by atoms with Gasteiger partial charge in [-0.05, 0) is 12.8 Å². The quantitative estimate of drug-likeness (QED) is 0.634. The first kappa shape index (κ1) is 10.4. The van der Waals surface area contributed by atoms with Crippen molar-refractivity contribution >= 4 is 0 Å². The molecule has 4 nitrogen and oxygen atoms in total. The van der Waals surface area contributed by atoms with E-state index in [9.17, 15) is 0 Å². The zero-order chi connectivity index (χ0) is 9.97. The molecule has 0 amide bonds. The monoisotopic (exact) mass is 200 g/mol. The molecule has 0 aromatic heterocycles. The summed E-state index contributed by atoms with van der Waals surface area (Å²) in [5.74, 6) is 0. The van der Waals surface area contributed by atoms with Gasteiger partial charge >= 0.3 is 0 Å². The van der Waals surface area contributed by atoms with Gasteiger partial charge in [0.05, 0.1) is 19.3 Å². The lowest BCUT2D eigenvalue weighted by Gasteiger charge is -2.37. The molecule has 1 aliphatic carbocycles. The second-order valence-electron chi connectivity index (χ2n) is 4.33. The Kier molecular flexibility index (Phi) is 3.38. The van der Waals surface area contributed by atoms with E-state index in [1.165, 1.54) is 12.8 Å². The Labute approximate surface area is 85.0 Å². The minimum absolute atomic E-state index is 0.00319. The molecule has 1 saturated carbocycles. The fraction of sp³-hybridized carbons (Fsp3) is 1.00. The lowest BCUT2D eigenvalue weighted by molar-refractivity contribution is -0.0654. The van der Waals surface area contributed by atoms with Crippen LogP contribution in [0.1, 0.15) is 19.3 Å². The Morgan fingerprint density at radius 2 is 2.29 bits per heavy atom. The van der Waals surface area contributed by atoms with Crippen LogP contribution >= 0.6 is 0 Å². The Morgan fingerprint density at radius 3 is 2.93 bits per heavy atom. The smallest absolute Gasteiger partial charge is 0.0932 e. The van der Waals surface area contributed by atoms with Crippen LogP contribution in [-0.2, 0) is 4.74 Å². The average Bonchev–Trinajstić information content (AvgIpc) is 2.65. The summed E-state index contributed by atoms with van der Waals surface area (Å²) in [5.41, 5.74) is 6.05. The van der Waals surface area contributed by atoms with E-state index in [-0.39, 0.29) is 12.7 Å². The van der Waals surface area contributed by atoms with Crippen LogP contribution in [0.25, 0.3) is 0 Å². The third kappa shape index (κ3) is 2.08. The van der Waals surface area contributed by atoms with Crippen LogP contribution in [0.3, 0.4) is 0 Å². The lowest BCUT2D eigenvalue weighted by atomic mass is 10.1. The van der Waals surface area contributed by atoms with Gasteiger partial charge in [-0.25, -0.2) is 0 Å². The van der Waals surface area contributed by atoms with E-state index in [4.69, 9.17) is 15.6 Å². The van der Waals surface area contributed by atoms with Crippen molar-refractivity contribution in [3.63, 3.8) is 0 Å². The topological polar surface area (TPSA) is 58.7 Å². The van der Waals surface area contributed by atoms with Gasteiger partial charge in [-0.3, -0.25) is 4.90 Å². The maximum Gasteiger partial charge on any atom is 0.0932 e. The molecule has 0 aromatic carbocycles. The maximum atomic E-state index is 9.03. The molecule has 0 spiro atoms. The van der Waals surface area contributed by atoms with E-state index in [1.54, 1.807) is 0 Å². The summed E-state index contributed by atoms with van der Waals surface area (Å²) in [5, 5.41) is 9.03. The summed E-state index contributed by atoms with van der Waals surface area (Å²) in [6.07, 6.45) is 3.59. The van der Waals surface area contributed by atoms with Crippen molar-refractivity contribution in [2.24, 2.45) is 5.73 Å². The molecule has 4 heteroatoms. The molecule has 2 rings (SSSR count). The molecule has 0 aromatic rings. The van der Waals surface area contributed by atoms with Crippen molar-refractivity contribution in [2.45, 2.75) is 37.5 Å². The number of ether oxygens (including phenoxy) is 1. The van der Waals surface area contributed by atoms with Crippen molar-refractivity contribution in [1.82, 2.24) is 4.90 Å². The van der Waals surface area contributed by atoms with E-state index >= 15 is 0 Å². The first-order chi connectivity index (χ1) is 6.81. The molecule has 3 N–H and O–H groups in total. The van der Waals surface area contributed by atoms with Gasteiger partial charge in [-0.1, -0.05) is 6.42 Å². The number of rotatable bonds is 2. The third-order valence-electron chi connectivity index (χ3n) is 3.37. The summed E-state index contributed by atoms with van der Waals surface area (Å²) < 4.78 is 5.42. The molecule has 0 bridgehead atoms. The number of hydrogen-bond acceptors (Lipinski definition) is 4. The second-order valence-corrected chi connectivity index (χ2v) is 4.33. The van der Waals surface area contributed by atoms with Crippen LogP contribution < -0.4 is 5.73 Å². The number of aliphatic hydroxyl groups is 1. The van der Waals surface area contributed by atoms with Gasteiger partial charge in [0.15, 0.2) is 0 Å². The van der Waals surface area contributed by atoms with Crippen molar-refractivity contribution in [2.75, 3.05) is 26.3 Å². The highest BCUT2D eigenvalue weighted by Gasteiger charge is 2.32. The SMILES string of the molecule is NC1CCCC1N1CCOC(CO)C1. The zero-order valence-corrected chi connectivity index (χ0v) is 8.56. The minimum Gasteiger partial charge on any atom is -0.394 e. The summed E-state index contributed by atoms with van der Waals surface area (Å²) in [4.78, 5) is 2.39. The van der Waals surface area contributed by atoms with Crippen LogP contribution in [0.15, 0.2) is 0 Å².